The molecule has 0 saturated carbocycles. The average molecular weight is 366 g/mol. The Hall–Kier alpha value is -0.640. The molecule has 0 saturated heterocycles. The first-order chi connectivity index (χ1) is 10.2. The number of thiophene rings is 1. The van der Waals surface area contributed by atoms with E-state index in [4.69, 9.17) is 0 Å². The molecule has 0 fully saturated rings. The Labute approximate surface area is 140 Å². The van der Waals surface area contributed by atoms with Crippen molar-refractivity contribution in [2.75, 3.05) is 6.54 Å². The smallest absolute Gasteiger partial charge is 0.0414 e. The Morgan fingerprint density at radius 3 is 2.67 bits per heavy atom. The molecule has 1 heterocycles. The zero-order chi connectivity index (χ0) is 15.2. The van der Waals surface area contributed by atoms with Gasteiger partial charge in [-0.15, -0.1) is 11.3 Å². The van der Waals surface area contributed by atoms with Gasteiger partial charge in [0.15, 0.2) is 0 Å². The van der Waals surface area contributed by atoms with E-state index in [1.54, 1.807) is 0 Å². The lowest BCUT2D eigenvalue weighted by atomic mass is 10.1. The van der Waals surface area contributed by atoms with Gasteiger partial charge in [-0.05, 0) is 61.7 Å². The Kier molecular flexibility index (Phi) is 6.46. The fourth-order valence-corrected chi connectivity index (χ4v) is 4.06. The quantitative estimate of drug-likeness (QED) is 0.604. The minimum atomic E-state index is 0.501. The summed E-state index contributed by atoms with van der Waals surface area (Å²) in [4.78, 5) is 2.82. The first kappa shape index (κ1) is 16.7. The van der Waals surface area contributed by atoms with E-state index in [-0.39, 0.29) is 0 Å². The van der Waals surface area contributed by atoms with Crippen molar-refractivity contribution in [3.05, 3.63) is 45.2 Å². The van der Waals surface area contributed by atoms with Crippen molar-refractivity contribution in [3.8, 4) is 10.4 Å². The summed E-state index contributed by atoms with van der Waals surface area (Å²) in [6.07, 6.45) is 3.60. The normalized spacial score (nSPS) is 12.6. The Morgan fingerprint density at radius 1 is 1.14 bits per heavy atom. The van der Waals surface area contributed by atoms with Crippen LogP contribution in [0.4, 0.5) is 0 Å². The standard InChI is InChI=1S/C18H24BrNS/c1-4-6-16(20-11-5-2)18-10-9-17(21-18)15-12-14(19)8-7-13(15)3/h7-10,12,16,20H,4-6,11H2,1-3H3. The molecule has 0 aliphatic carbocycles. The lowest BCUT2D eigenvalue weighted by molar-refractivity contribution is 0.501. The SMILES string of the molecule is CCCNC(CCC)c1ccc(-c2cc(Br)ccc2C)s1. The number of nitrogens with one attached hydrogen (secondary N) is 1. The van der Waals surface area contributed by atoms with Crippen LogP contribution in [-0.4, -0.2) is 6.54 Å². The van der Waals surface area contributed by atoms with Crippen LogP contribution in [-0.2, 0) is 0 Å². The molecule has 1 atom stereocenters. The molecular weight excluding hydrogens is 342 g/mol. The van der Waals surface area contributed by atoms with Gasteiger partial charge in [0, 0.05) is 20.3 Å². The van der Waals surface area contributed by atoms with Crippen LogP contribution in [0.1, 0.15) is 49.6 Å². The van der Waals surface area contributed by atoms with Crippen LogP contribution in [0.3, 0.4) is 0 Å². The highest BCUT2D eigenvalue weighted by Gasteiger charge is 2.14. The average Bonchev–Trinajstić information content (AvgIpc) is 2.95. The molecule has 1 N–H and O–H groups in total. The van der Waals surface area contributed by atoms with Crippen molar-refractivity contribution in [1.29, 1.82) is 0 Å². The maximum Gasteiger partial charge on any atom is 0.0414 e. The van der Waals surface area contributed by atoms with Crippen molar-refractivity contribution in [2.24, 2.45) is 0 Å². The van der Waals surface area contributed by atoms with Crippen LogP contribution >= 0.6 is 27.3 Å². The molecule has 0 aliphatic rings. The topological polar surface area (TPSA) is 12.0 Å². The molecule has 2 rings (SSSR count). The largest absolute Gasteiger partial charge is 0.309 e. The van der Waals surface area contributed by atoms with E-state index in [9.17, 15) is 0 Å². The summed E-state index contributed by atoms with van der Waals surface area (Å²) < 4.78 is 1.15. The molecule has 0 amide bonds. The molecule has 0 aliphatic heterocycles. The summed E-state index contributed by atoms with van der Waals surface area (Å²) in [6, 6.07) is 11.6. The maximum atomic E-state index is 3.68. The van der Waals surface area contributed by atoms with E-state index >= 15 is 0 Å². The summed E-state index contributed by atoms with van der Waals surface area (Å²) in [6.45, 7) is 7.75. The predicted molar refractivity (Wildman–Crippen MR) is 98.1 cm³/mol. The molecule has 1 aromatic carbocycles. The molecular formula is C18H24BrNS. The van der Waals surface area contributed by atoms with E-state index in [0.717, 1.165) is 11.0 Å². The fourth-order valence-electron chi connectivity index (χ4n) is 2.50. The molecule has 1 unspecified atom stereocenters. The molecule has 1 aromatic heterocycles. The van der Waals surface area contributed by atoms with Gasteiger partial charge >= 0.3 is 0 Å². The van der Waals surface area contributed by atoms with Crippen LogP contribution in [0.25, 0.3) is 10.4 Å². The van der Waals surface area contributed by atoms with Gasteiger partial charge in [0.25, 0.3) is 0 Å². The summed E-state index contributed by atoms with van der Waals surface area (Å²) >= 11 is 5.50. The number of aryl methyl sites for hydroxylation is 1. The molecule has 0 radical (unpaired) electrons. The summed E-state index contributed by atoms with van der Waals surface area (Å²) in [5, 5.41) is 3.68. The fraction of sp³-hybridized carbons (Fsp3) is 0.444. The third-order valence-corrected chi connectivity index (χ3v) is 5.38. The summed E-state index contributed by atoms with van der Waals surface area (Å²) in [5.74, 6) is 0. The van der Waals surface area contributed by atoms with Gasteiger partial charge < -0.3 is 5.32 Å². The second-order valence-electron chi connectivity index (χ2n) is 5.46. The predicted octanol–water partition coefficient (Wildman–Crippen LogP) is 6.33. The van der Waals surface area contributed by atoms with Crippen LogP contribution in [0, 0.1) is 6.92 Å². The minimum Gasteiger partial charge on any atom is -0.309 e. The van der Waals surface area contributed by atoms with Crippen molar-refractivity contribution in [2.45, 2.75) is 46.1 Å². The zero-order valence-corrected chi connectivity index (χ0v) is 15.5. The molecule has 1 nitrogen and oxygen atoms in total. The molecule has 0 spiro atoms. The van der Waals surface area contributed by atoms with Crippen molar-refractivity contribution < 1.29 is 0 Å². The highest BCUT2D eigenvalue weighted by molar-refractivity contribution is 9.10. The number of benzene rings is 1. The monoisotopic (exact) mass is 365 g/mol. The van der Waals surface area contributed by atoms with Crippen LogP contribution in [0.5, 0.6) is 0 Å². The van der Waals surface area contributed by atoms with Crippen LogP contribution < -0.4 is 5.32 Å². The Morgan fingerprint density at radius 2 is 1.95 bits per heavy atom. The first-order valence-electron chi connectivity index (χ1n) is 7.75. The second kappa shape index (κ2) is 8.11. The maximum absolute atomic E-state index is 3.68. The lowest BCUT2D eigenvalue weighted by Crippen LogP contribution is -2.21. The van der Waals surface area contributed by atoms with E-state index in [0.29, 0.717) is 6.04 Å². The minimum absolute atomic E-state index is 0.501. The van der Waals surface area contributed by atoms with Gasteiger partial charge in [0.05, 0.1) is 0 Å². The van der Waals surface area contributed by atoms with E-state index in [1.165, 1.54) is 40.1 Å². The first-order valence-corrected chi connectivity index (χ1v) is 9.36. The number of hydrogen-bond donors (Lipinski definition) is 1. The van der Waals surface area contributed by atoms with E-state index in [2.05, 4.69) is 72.3 Å². The lowest BCUT2D eigenvalue weighted by Gasteiger charge is -2.16. The van der Waals surface area contributed by atoms with Gasteiger partial charge in [-0.25, -0.2) is 0 Å². The Balaban J connectivity index is 2.24. The number of halogens is 1. The molecule has 3 heteroatoms. The van der Waals surface area contributed by atoms with Crippen molar-refractivity contribution >= 4 is 27.3 Å². The highest BCUT2D eigenvalue weighted by atomic mass is 79.9. The van der Waals surface area contributed by atoms with Gasteiger partial charge in [-0.3, -0.25) is 0 Å². The number of hydrogen-bond acceptors (Lipinski definition) is 2. The molecule has 2 aromatic rings. The van der Waals surface area contributed by atoms with Crippen LogP contribution in [0.15, 0.2) is 34.8 Å². The third-order valence-electron chi connectivity index (χ3n) is 3.65. The second-order valence-corrected chi connectivity index (χ2v) is 7.49. The van der Waals surface area contributed by atoms with Gasteiger partial charge in [0.2, 0.25) is 0 Å². The number of rotatable bonds is 7. The molecule has 21 heavy (non-hydrogen) atoms. The van der Waals surface area contributed by atoms with Crippen molar-refractivity contribution in [1.82, 2.24) is 5.32 Å². The van der Waals surface area contributed by atoms with E-state index in [1.807, 2.05) is 11.3 Å². The highest BCUT2D eigenvalue weighted by Crippen LogP contribution is 2.35. The van der Waals surface area contributed by atoms with Gasteiger partial charge in [0.1, 0.15) is 0 Å². The summed E-state index contributed by atoms with van der Waals surface area (Å²) in [5.41, 5.74) is 2.67. The van der Waals surface area contributed by atoms with Crippen LogP contribution in [0.2, 0.25) is 0 Å². The Bertz CT molecular complexity index is 576. The van der Waals surface area contributed by atoms with Gasteiger partial charge in [-0.2, -0.15) is 0 Å². The molecule has 114 valence electrons. The van der Waals surface area contributed by atoms with E-state index < -0.39 is 0 Å². The third kappa shape index (κ3) is 4.41. The van der Waals surface area contributed by atoms with Crippen molar-refractivity contribution in [3.63, 3.8) is 0 Å². The summed E-state index contributed by atoms with van der Waals surface area (Å²) in [7, 11) is 0. The van der Waals surface area contributed by atoms with Gasteiger partial charge in [-0.1, -0.05) is 42.3 Å². The molecule has 0 bridgehead atoms. The zero-order valence-electron chi connectivity index (χ0n) is 13.1.